The van der Waals surface area contributed by atoms with E-state index in [1.807, 2.05) is 30.3 Å². The Morgan fingerprint density at radius 3 is 2.65 bits per heavy atom. The lowest BCUT2D eigenvalue weighted by molar-refractivity contribution is -0.129. The largest absolute Gasteiger partial charge is 0.354 e. The molecule has 2 fully saturated rings. The predicted molar refractivity (Wildman–Crippen MR) is 90.9 cm³/mol. The number of hydrogen-bond acceptors (Lipinski definition) is 3. The first-order valence-electron chi connectivity index (χ1n) is 7.98. The number of likely N-dealkylation sites (tertiary alicyclic amines) is 1. The third-order valence-electron chi connectivity index (χ3n) is 4.54. The Morgan fingerprint density at radius 2 is 2.00 bits per heavy atom. The van der Waals surface area contributed by atoms with Crippen molar-refractivity contribution in [1.29, 1.82) is 0 Å². The van der Waals surface area contributed by atoms with Crippen molar-refractivity contribution in [3.05, 3.63) is 35.9 Å². The van der Waals surface area contributed by atoms with Gasteiger partial charge in [0.2, 0.25) is 11.8 Å². The number of halogens is 1. The zero-order valence-electron chi connectivity index (χ0n) is 13.1. The molecule has 0 bridgehead atoms. The zero-order valence-corrected chi connectivity index (χ0v) is 13.9. The Morgan fingerprint density at radius 1 is 1.30 bits per heavy atom. The monoisotopic (exact) mass is 337 g/mol. The molecule has 2 atom stereocenters. The molecule has 1 saturated heterocycles. The average Bonchev–Trinajstić information content (AvgIpc) is 3.31. The molecule has 1 heterocycles. The number of carbonyl (C=O) groups is 2. The van der Waals surface area contributed by atoms with E-state index in [-0.39, 0.29) is 36.2 Å². The van der Waals surface area contributed by atoms with E-state index in [1.165, 1.54) is 12.8 Å². The maximum atomic E-state index is 12.2. The number of hydrogen-bond donors (Lipinski definition) is 2. The van der Waals surface area contributed by atoms with Crippen molar-refractivity contribution in [3.63, 3.8) is 0 Å². The SMILES string of the molecule is Cl.NC(CNC(=O)C1CC(=O)N(Cc2ccccc2)C1)C1CC1. The van der Waals surface area contributed by atoms with Gasteiger partial charge in [-0.15, -0.1) is 12.4 Å². The van der Waals surface area contributed by atoms with Crippen LogP contribution in [0.1, 0.15) is 24.8 Å². The van der Waals surface area contributed by atoms with E-state index in [2.05, 4.69) is 5.32 Å². The van der Waals surface area contributed by atoms with E-state index in [0.29, 0.717) is 32.0 Å². The number of amides is 2. The second-order valence-corrected chi connectivity index (χ2v) is 6.41. The normalized spacial score (nSPS) is 21.7. The van der Waals surface area contributed by atoms with Gasteiger partial charge < -0.3 is 16.0 Å². The quantitative estimate of drug-likeness (QED) is 0.821. The van der Waals surface area contributed by atoms with Gasteiger partial charge in [-0.3, -0.25) is 9.59 Å². The predicted octanol–water partition coefficient (Wildman–Crippen LogP) is 1.31. The van der Waals surface area contributed by atoms with Crippen molar-refractivity contribution < 1.29 is 9.59 Å². The van der Waals surface area contributed by atoms with Crippen molar-refractivity contribution in [2.75, 3.05) is 13.1 Å². The summed E-state index contributed by atoms with van der Waals surface area (Å²) in [5.74, 6) is 0.332. The molecule has 2 unspecified atom stereocenters. The van der Waals surface area contributed by atoms with Gasteiger partial charge in [0.1, 0.15) is 0 Å². The molecule has 23 heavy (non-hydrogen) atoms. The van der Waals surface area contributed by atoms with Crippen LogP contribution in [0.3, 0.4) is 0 Å². The summed E-state index contributed by atoms with van der Waals surface area (Å²) >= 11 is 0. The first-order valence-corrected chi connectivity index (χ1v) is 7.98. The lowest BCUT2D eigenvalue weighted by Crippen LogP contribution is -2.41. The molecule has 2 aliphatic rings. The number of rotatable bonds is 6. The molecule has 3 rings (SSSR count). The number of nitrogens with two attached hydrogens (primary N) is 1. The van der Waals surface area contributed by atoms with Gasteiger partial charge in [0.05, 0.1) is 5.92 Å². The van der Waals surface area contributed by atoms with E-state index < -0.39 is 0 Å². The summed E-state index contributed by atoms with van der Waals surface area (Å²) in [7, 11) is 0. The number of nitrogens with one attached hydrogen (secondary N) is 1. The third-order valence-corrected chi connectivity index (χ3v) is 4.54. The summed E-state index contributed by atoms with van der Waals surface area (Å²) in [6.45, 7) is 1.59. The highest BCUT2D eigenvalue weighted by molar-refractivity contribution is 5.89. The van der Waals surface area contributed by atoms with E-state index in [1.54, 1.807) is 4.90 Å². The molecule has 6 heteroatoms. The Hall–Kier alpha value is -1.59. The molecule has 5 nitrogen and oxygen atoms in total. The highest BCUT2D eigenvalue weighted by Gasteiger charge is 2.35. The van der Waals surface area contributed by atoms with Gasteiger partial charge in [-0.05, 0) is 24.3 Å². The molecule has 1 saturated carbocycles. The van der Waals surface area contributed by atoms with Gasteiger partial charge >= 0.3 is 0 Å². The van der Waals surface area contributed by atoms with E-state index in [4.69, 9.17) is 5.73 Å². The molecule has 1 aliphatic heterocycles. The van der Waals surface area contributed by atoms with Gasteiger partial charge in [0, 0.05) is 32.1 Å². The summed E-state index contributed by atoms with van der Waals surface area (Å²) in [6.07, 6.45) is 2.64. The van der Waals surface area contributed by atoms with Gasteiger partial charge in [0.15, 0.2) is 0 Å². The standard InChI is InChI=1S/C17H23N3O2.ClH/c18-15(13-6-7-13)9-19-17(22)14-8-16(21)20(11-14)10-12-4-2-1-3-5-12;/h1-5,13-15H,6-11,18H2,(H,19,22);1H. The minimum Gasteiger partial charge on any atom is -0.354 e. The van der Waals surface area contributed by atoms with Crippen LogP contribution in [0.15, 0.2) is 30.3 Å². The molecule has 0 aromatic heterocycles. The second kappa shape index (κ2) is 7.79. The summed E-state index contributed by atoms with van der Waals surface area (Å²) in [5.41, 5.74) is 7.08. The first kappa shape index (κ1) is 17.8. The molecule has 1 aromatic carbocycles. The molecule has 0 spiro atoms. The van der Waals surface area contributed by atoms with Crippen molar-refractivity contribution in [2.24, 2.45) is 17.6 Å². The van der Waals surface area contributed by atoms with E-state index in [0.717, 1.165) is 5.56 Å². The number of carbonyl (C=O) groups excluding carboxylic acids is 2. The molecule has 1 aliphatic carbocycles. The lowest BCUT2D eigenvalue weighted by Gasteiger charge is -2.17. The van der Waals surface area contributed by atoms with Crippen LogP contribution in [-0.2, 0) is 16.1 Å². The Labute approximate surface area is 143 Å². The lowest BCUT2D eigenvalue weighted by atomic mass is 10.1. The minimum atomic E-state index is -0.248. The van der Waals surface area contributed by atoms with Crippen LogP contribution in [0.5, 0.6) is 0 Å². The molecule has 1 aromatic rings. The molecule has 2 amide bonds. The highest BCUT2D eigenvalue weighted by atomic mass is 35.5. The maximum Gasteiger partial charge on any atom is 0.225 e. The smallest absolute Gasteiger partial charge is 0.225 e. The number of benzene rings is 1. The summed E-state index contributed by atoms with van der Waals surface area (Å²) in [6, 6.07) is 9.92. The molecule has 0 radical (unpaired) electrons. The van der Waals surface area contributed by atoms with Crippen LogP contribution < -0.4 is 11.1 Å². The van der Waals surface area contributed by atoms with Crippen molar-refractivity contribution in [2.45, 2.75) is 31.8 Å². The number of nitrogens with zero attached hydrogens (tertiary/aromatic N) is 1. The van der Waals surface area contributed by atoms with E-state index in [9.17, 15) is 9.59 Å². The van der Waals surface area contributed by atoms with Crippen LogP contribution in [0.4, 0.5) is 0 Å². The van der Waals surface area contributed by atoms with Crippen LogP contribution in [0.2, 0.25) is 0 Å². The first-order chi connectivity index (χ1) is 10.6. The zero-order chi connectivity index (χ0) is 15.5. The molecule has 3 N–H and O–H groups in total. The van der Waals surface area contributed by atoms with Gasteiger partial charge in [0.25, 0.3) is 0 Å². The molecular formula is C17H24ClN3O2. The van der Waals surface area contributed by atoms with E-state index >= 15 is 0 Å². The Balaban J connectivity index is 0.00000192. The molecular weight excluding hydrogens is 314 g/mol. The Bertz CT molecular complexity index is 548. The van der Waals surface area contributed by atoms with Crippen LogP contribution in [-0.4, -0.2) is 35.8 Å². The van der Waals surface area contributed by atoms with Gasteiger partial charge in [-0.2, -0.15) is 0 Å². The fourth-order valence-electron chi connectivity index (χ4n) is 2.96. The minimum absolute atomic E-state index is 0. The van der Waals surface area contributed by atoms with Gasteiger partial charge in [-0.1, -0.05) is 30.3 Å². The average molecular weight is 338 g/mol. The molecule has 126 valence electrons. The van der Waals surface area contributed by atoms with Crippen LogP contribution in [0.25, 0.3) is 0 Å². The highest BCUT2D eigenvalue weighted by Crippen LogP contribution is 2.31. The van der Waals surface area contributed by atoms with Crippen molar-refractivity contribution >= 4 is 24.2 Å². The van der Waals surface area contributed by atoms with Crippen molar-refractivity contribution in [1.82, 2.24) is 10.2 Å². The summed E-state index contributed by atoms with van der Waals surface area (Å²) in [4.78, 5) is 26.0. The summed E-state index contributed by atoms with van der Waals surface area (Å²) < 4.78 is 0. The van der Waals surface area contributed by atoms with Crippen molar-refractivity contribution in [3.8, 4) is 0 Å². The second-order valence-electron chi connectivity index (χ2n) is 6.41. The summed E-state index contributed by atoms with van der Waals surface area (Å²) in [5, 5.41) is 2.91. The fraction of sp³-hybridized carbons (Fsp3) is 0.529. The third kappa shape index (κ3) is 4.69. The Kier molecular flexibility index (Phi) is 6.02. The van der Waals surface area contributed by atoms with Crippen LogP contribution in [0, 0.1) is 11.8 Å². The maximum absolute atomic E-state index is 12.2. The topological polar surface area (TPSA) is 75.4 Å². The van der Waals surface area contributed by atoms with Gasteiger partial charge in [-0.25, -0.2) is 0 Å². The fourth-order valence-corrected chi connectivity index (χ4v) is 2.96. The van der Waals surface area contributed by atoms with Crippen LogP contribution >= 0.6 is 12.4 Å².